The van der Waals surface area contributed by atoms with E-state index in [-0.39, 0.29) is 251 Å². The van der Waals surface area contributed by atoms with Crippen molar-refractivity contribution >= 4 is 95.7 Å². The number of nitrogens with two attached hydrogens (primary N) is 2. The Kier molecular flexibility index (Phi) is 290. The average molecular weight is 1740 g/mol. The summed E-state index contributed by atoms with van der Waals surface area (Å²) >= 11 is 0. The predicted molar refractivity (Wildman–Crippen MR) is 478 cm³/mol. The van der Waals surface area contributed by atoms with Crippen LogP contribution in [0, 0.1) is 0 Å². The number of unbranched alkanes of at least 4 members (excludes halogenated alkanes) is 1. The number of aliphatic hydroxyl groups is 2. The molecular weight excluding hydrogens is 1550 g/mol. The lowest BCUT2D eigenvalue weighted by Gasteiger charge is -2.18. The van der Waals surface area contributed by atoms with E-state index in [1.54, 1.807) is 14.2 Å². The van der Waals surface area contributed by atoms with Gasteiger partial charge >= 0.3 is 59.9 Å². The second-order valence-electron chi connectivity index (χ2n) is 15.7. The summed E-state index contributed by atoms with van der Waals surface area (Å²) in [5.74, 6) is -8.87. The normalized spacial score (nSPS) is 7.78. The second kappa shape index (κ2) is 159. The van der Waals surface area contributed by atoms with Crippen LogP contribution in [0.4, 0.5) is 9.59 Å². The molecule has 14 N–H and O–H groups in total. The number of hydrogen-bond donors (Lipinski definition) is 12. The summed E-state index contributed by atoms with van der Waals surface area (Å²) in [7, 11) is 4.57. The Hall–Kier alpha value is -9.38. The van der Waals surface area contributed by atoms with Crippen molar-refractivity contribution < 1.29 is 144 Å². The summed E-state index contributed by atoms with van der Waals surface area (Å²) in [6, 6.07) is -1.62. The molecule has 2 atom stereocenters. The summed E-state index contributed by atoms with van der Waals surface area (Å²) in [4.78, 5) is 179. The number of nitrogens with one attached hydrogen (secondary N) is 8. The summed E-state index contributed by atoms with van der Waals surface area (Å²) in [5, 5.41) is 36.5. The number of carbonyl (C=O) groups excluding carboxylic acids is 16. The highest BCUT2D eigenvalue weighted by molar-refractivity contribution is 5.87. The average Bonchev–Trinajstić information content (AvgIpc) is 0.926. The van der Waals surface area contributed by atoms with Crippen LogP contribution in [0.25, 0.3) is 0 Å². The van der Waals surface area contributed by atoms with Crippen LogP contribution in [0.1, 0.15) is 247 Å². The van der Waals surface area contributed by atoms with E-state index < -0.39 is 132 Å². The van der Waals surface area contributed by atoms with Gasteiger partial charge in [0.25, 0.3) is 0 Å². The number of hydrogen-bond acceptors (Lipinski definition) is 35. The number of rotatable bonds is 41. The van der Waals surface area contributed by atoms with Gasteiger partial charge in [0.15, 0.2) is 39.7 Å². The maximum absolute atomic E-state index is 11.7. The van der Waals surface area contributed by atoms with Crippen molar-refractivity contribution in [2.24, 2.45) is 21.5 Å². The van der Waals surface area contributed by atoms with Crippen LogP contribution >= 0.6 is 0 Å². The molecule has 0 aliphatic carbocycles. The number of aliphatic hydroxyl groups excluding tert-OH is 2. The minimum Gasteiger partial charge on any atom is -0.452 e. The van der Waals surface area contributed by atoms with Crippen molar-refractivity contribution in [3.8, 4) is 0 Å². The highest BCUT2D eigenvalue weighted by Crippen LogP contribution is 1.98. The fourth-order valence-electron chi connectivity index (χ4n) is 4.35. The van der Waals surface area contributed by atoms with E-state index in [0.717, 1.165) is 19.3 Å². The zero-order valence-corrected chi connectivity index (χ0v) is 50.5. The molecule has 0 aromatic carbocycles. The Labute approximate surface area is 713 Å². The topological polar surface area (TPSA) is 597 Å². The first-order chi connectivity index (χ1) is 42.9. The smallest absolute Gasteiger partial charge is 0.409 e. The van der Waals surface area contributed by atoms with Crippen LogP contribution in [-0.2, 0) is 124 Å². The molecule has 117 heavy (non-hydrogen) atoms. The number of carbonyl (C=O) groups is 14. The third-order valence-corrected chi connectivity index (χ3v) is 8.41. The zero-order chi connectivity index (χ0) is 69.2. The van der Waals surface area contributed by atoms with Gasteiger partial charge in [0.2, 0.25) is 49.4 Å². The van der Waals surface area contributed by atoms with Crippen LogP contribution in [0.5, 0.6) is 0 Å². The summed E-state index contributed by atoms with van der Waals surface area (Å²) in [5.41, 5.74) is 11.1. The van der Waals surface area contributed by atoms with Crippen molar-refractivity contribution in [3.63, 3.8) is 0 Å². The summed E-state index contributed by atoms with van der Waals surface area (Å²) in [6.07, 6.45) is 4.70. The summed E-state index contributed by atoms with van der Waals surface area (Å²) in [6.45, 7) is 0.342. The maximum atomic E-state index is 11.7. The highest BCUT2D eigenvalue weighted by Gasteiger charge is 2.20. The molecule has 42 nitrogen and oxygen atoms in total. The molecule has 0 aromatic rings. The molecule has 730 valence electrons. The predicted octanol–water partition coefficient (Wildman–Crippen LogP) is 9.19. The van der Waals surface area contributed by atoms with Crippen molar-refractivity contribution in [1.29, 1.82) is 0 Å². The molecule has 0 spiro atoms. The van der Waals surface area contributed by atoms with Crippen LogP contribution < -0.4 is 54.0 Å². The number of esters is 8. The Bertz CT molecular complexity index is 2190. The van der Waals surface area contributed by atoms with Crippen molar-refractivity contribution in [2.75, 3.05) is 154 Å². The number of aliphatic imine (C=N–C) groups is 2. The Morgan fingerprint density at radius 1 is 0.410 bits per heavy atom. The van der Waals surface area contributed by atoms with E-state index in [1.807, 2.05) is 6.92 Å². The number of urea groups is 1. The second-order valence-corrected chi connectivity index (χ2v) is 15.7. The van der Waals surface area contributed by atoms with Gasteiger partial charge < -0.3 is 121 Å². The molecule has 0 aromatic heterocycles. The number of nitrogens with zero attached hydrogens (tertiary/aromatic N) is 2. The quantitative estimate of drug-likeness (QED) is 0.00677. The van der Waals surface area contributed by atoms with Gasteiger partial charge in [-0.1, -0.05) is 214 Å². The van der Waals surface area contributed by atoms with Crippen molar-refractivity contribution in [1.82, 2.24) is 42.5 Å². The Morgan fingerprint density at radius 3 is 1.08 bits per heavy atom. The molecule has 0 bridgehead atoms. The van der Waals surface area contributed by atoms with Gasteiger partial charge in [0.05, 0.1) is 39.2 Å². The van der Waals surface area contributed by atoms with Crippen LogP contribution in [0.3, 0.4) is 0 Å². The lowest BCUT2D eigenvalue weighted by Crippen LogP contribution is -2.55. The third-order valence-electron chi connectivity index (χ3n) is 8.41. The Balaban J connectivity index is -0.0000000251. The molecule has 0 saturated carbocycles. The standard InChI is InChI=1S/C14H20N2O12.C11H23N5O3.C11H25N3O3.C9H12O10.C3H2N2O2.27CH4/c1-9(17)15-7-16-14(22)26-6-11(19)25-5-13(21)28-8-27-12(20)4-24-10(18)3-23-2;1-4-5-13-10(18)9(6-12-3)16-11(19)15-7-14-8(2)17;1-16-8-9-17-7-6-14-11(15)10(13)4-2-3-5-12;10-1-6(12)16-3-8(14)18-5-19-9(15)4-17-7(13)2-11;6-2-4-1-5-3-7;;;;;;;;;;;;;;;;;;;;;;;;;;;/h3-8H2,1-2H3,(H,15,17)(H,16,22);9,12H,4-7H2,1-3H3,(H,13,18)(H,14,17)(H2,15,16,19);10H,2-9,12-13H2,1H3,(H,14,15);10-11H,1-5H2;1H2;27*1H4. The highest BCUT2D eigenvalue weighted by atomic mass is 16.7. The van der Waals surface area contributed by atoms with Gasteiger partial charge in [-0.3, -0.25) is 19.2 Å². The van der Waals surface area contributed by atoms with E-state index >= 15 is 0 Å². The zero-order valence-electron chi connectivity index (χ0n) is 50.5. The van der Waals surface area contributed by atoms with Gasteiger partial charge in [-0.2, -0.15) is 9.98 Å². The van der Waals surface area contributed by atoms with Crippen molar-refractivity contribution in [3.05, 3.63) is 0 Å². The number of methoxy groups -OCH3 is 2. The fraction of sp³-hybridized carbons (Fsp3) is 0.787. The van der Waals surface area contributed by atoms with Crippen LogP contribution in [0.2, 0.25) is 0 Å². The maximum Gasteiger partial charge on any atom is 0.409 e. The van der Waals surface area contributed by atoms with E-state index in [1.165, 1.54) is 33.1 Å². The molecular formula is C75H190N12O30. The largest absolute Gasteiger partial charge is 0.452 e. The van der Waals surface area contributed by atoms with Crippen LogP contribution in [-0.4, -0.2) is 272 Å². The molecule has 0 aliphatic heterocycles. The van der Waals surface area contributed by atoms with E-state index in [4.69, 9.17) is 31.2 Å². The molecule has 0 fully saturated rings. The lowest BCUT2D eigenvalue weighted by molar-refractivity contribution is -0.178. The molecule has 7 amide bonds. The van der Waals surface area contributed by atoms with Gasteiger partial charge in [0, 0.05) is 47.7 Å². The van der Waals surface area contributed by atoms with Gasteiger partial charge in [-0.05, 0) is 32.9 Å². The first kappa shape index (κ1) is 214. The molecule has 0 rings (SSSR count). The minimum absolute atomic E-state index is 0. The first-order valence-corrected chi connectivity index (χ1v) is 26.1. The minimum atomic E-state index is -1.05. The van der Waals surface area contributed by atoms with Crippen molar-refractivity contribution in [2.45, 2.75) is 259 Å². The molecule has 2 unspecified atom stereocenters. The number of ether oxygens (including phenoxy) is 12. The third kappa shape index (κ3) is 171. The Morgan fingerprint density at radius 2 is 0.752 bits per heavy atom. The molecule has 0 heterocycles. The van der Waals surface area contributed by atoms with E-state index in [2.05, 4.69) is 99.9 Å². The lowest BCUT2D eigenvalue weighted by atomic mass is 10.1. The molecule has 0 radical (unpaired) electrons. The fourth-order valence-corrected chi connectivity index (χ4v) is 4.35. The number of alkyl carbamates (subject to hydrolysis) is 1. The first-order valence-electron chi connectivity index (χ1n) is 26.1. The van der Waals surface area contributed by atoms with E-state index in [9.17, 15) is 76.7 Å². The monoisotopic (exact) mass is 1740 g/mol. The molecule has 0 saturated heterocycles. The van der Waals surface area contributed by atoms with Crippen LogP contribution in [0.15, 0.2) is 9.98 Å². The molecule has 42 heteroatoms. The SMILES string of the molecule is C.C.C.C.C.C.C.C.C.C.C.C.C.C.C.C.C.C.C.C.C.C.C.C.C.C.C.CCCNC(=O)C(CNC)NC(=O)NCNC(C)=O.COCC(=O)OCC(=O)OCOC(=O)COC(=O)COC(=O)NCNC(C)=O.COCCOCCNC(=O)C(N)CCCCN.O=C(CO)OCC(=O)OCOC(=O)COC(=O)CO.O=C=NCN=C=O. The van der Waals surface area contributed by atoms with Gasteiger partial charge in [-0.25, -0.2) is 57.5 Å². The molecule has 0 aliphatic rings. The number of amides is 7. The summed E-state index contributed by atoms with van der Waals surface area (Å²) < 4.78 is 53.7. The number of likely N-dealkylation sites (N-methyl/N-ethyl adjacent to an activating group) is 1. The number of isocyanates is 2. The van der Waals surface area contributed by atoms with Gasteiger partial charge in [-0.15, -0.1) is 0 Å². The van der Waals surface area contributed by atoms with E-state index in [0.29, 0.717) is 52.4 Å². The van der Waals surface area contributed by atoms with Gasteiger partial charge in [0.1, 0.15) is 25.9 Å².